The Morgan fingerprint density at radius 2 is 1.97 bits per heavy atom. The lowest BCUT2D eigenvalue weighted by atomic mass is 10.1. The van der Waals surface area contributed by atoms with Crippen LogP contribution in [0, 0.1) is 0 Å². The third kappa shape index (κ3) is 4.99. The number of anilines is 1. The summed E-state index contributed by atoms with van der Waals surface area (Å²) in [5.41, 5.74) is 2.04. The molecule has 1 N–H and O–H groups in total. The van der Waals surface area contributed by atoms with Gasteiger partial charge in [0, 0.05) is 22.2 Å². The number of ether oxygens (including phenoxy) is 1. The normalized spacial score (nSPS) is 17.1. The number of nitrogens with zero attached hydrogens (tertiary/aromatic N) is 1. The Labute approximate surface area is 180 Å². The number of hydrogen-bond donors (Lipinski definition) is 1. The van der Waals surface area contributed by atoms with Gasteiger partial charge in [0.25, 0.3) is 5.91 Å². The molecule has 1 heterocycles. The first kappa shape index (κ1) is 21.8. The number of carbonyl (C=O) groups excluding carboxylic acids is 1. The first-order valence-electron chi connectivity index (χ1n) is 9.57. The highest BCUT2D eigenvalue weighted by molar-refractivity contribution is 9.10. The van der Waals surface area contributed by atoms with Gasteiger partial charge in [-0.2, -0.15) is 0 Å². The van der Waals surface area contributed by atoms with Gasteiger partial charge in [-0.25, -0.2) is 13.1 Å². The number of nitrogens with one attached hydrogen (secondary N) is 1. The molecule has 0 aromatic heterocycles. The first-order chi connectivity index (χ1) is 13.7. The van der Waals surface area contributed by atoms with Crippen LogP contribution < -0.4 is 14.4 Å². The van der Waals surface area contributed by atoms with Gasteiger partial charge in [0.15, 0.2) is 6.61 Å². The molecular formula is C21H25BrN2O4S. The van der Waals surface area contributed by atoms with E-state index >= 15 is 0 Å². The van der Waals surface area contributed by atoms with E-state index in [0.29, 0.717) is 12.2 Å². The molecule has 3 rings (SSSR count). The van der Waals surface area contributed by atoms with E-state index in [2.05, 4.69) is 20.7 Å². The Morgan fingerprint density at radius 3 is 2.62 bits per heavy atom. The Kier molecular flexibility index (Phi) is 6.65. The number of fused-ring (bicyclic) bond motifs is 1. The molecule has 1 aliphatic rings. The molecule has 0 bridgehead atoms. The van der Waals surface area contributed by atoms with Crippen molar-refractivity contribution in [2.75, 3.05) is 11.5 Å². The maximum Gasteiger partial charge on any atom is 0.265 e. The maximum absolute atomic E-state index is 12.7. The minimum absolute atomic E-state index is 0.0644. The third-order valence-electron chi connectivity index (χ3n) is 4.99. The van der Waals surface area contributed by atoms with Crippen LogP contribution in [0.15, 0.2) is 51.8 Å². The number of rotatable bonds is 7. The average Bonchev–Trinajstić information content (AvgIpc) is 3.00. The highest BCUT2D eigenvalue weighted by atomic mass is 79.9. The van der Waals surface area contributed by atoms with Crippen molar-refractivity contribution in [1.82, 2.24) is 4.72 Å². The van der Waals surface area contributed by atoms with Crippen LogP contribution in [-0.2, 0) is 21.2 Å². The van der Waals surface area contributed by atoms with Gasteiger partial charge in [0.2, 0.25) is 10.0 Å². The molecular weight excluding hydrogens is 456 g/mol. The molecule has 2 aromatic carbocycles. The van der Waals surface area contributed by atoms with E-state index in [0.717, 1.165) is 22.1 Å². The monoisotopic (exact) mass is 480 g/mol. The fraction of sp³-hybridized carbons (Fsp3) is 0.381. The molecule has 1 amide bonds. The maximum atomic E-state index is 12.7. The van der Waals surface area contributed by atoms with Crippen molar-refractivity contribution in [3.8, 4) is 5.75 Å². The predicted molar refractivity (Wildman–Crippen MR) is 117 cm³/mol. The molecule has 1 aliphatic heterocycles. The first-order valence-corrected chi connectivity index (χ1v) is 11.8. The van der Waals surface area contributed by atoms with E-state index in [9.17, 15) is 13.2 Å². The zero-order valence-corrected chi connectivity index (χ0v) is 19.1. The van der Waals surface area contributed by atoms with Crippen LogP contribution in [-0.4, -0.2) is 33.0 Å². The zero-order valence-electron chi connectivity index (χ0n) is 16.7. The predicted octanol–water partition coefficient (Wildman–Crippen LogP) is 3.88. The summed E-state index contributed by atoms with van der Waals surface area (Å²) >= 11 is 3.46. The van der Waals surface area contributed by atoms with E-state index in [1.54, 1.807) is 17.0 Å². The topological polar surface area (TPSA) is 75.7 Å². The molecule has 0 spiro atoms. The molecule has 8 heteroatoms. The van der Waals surface area contributed by atoms with Crippen molar-refractivity contribution in [3.63, 3.8) is 0 Å². The quantitative estimate of drug-likeness (QED) is 0.652. The number of halogens is 1. The highest BCUT2D eigenvalue weighted by Crippen LogP contribution is 2.34. The Bertz CT molecular complexity index is 992. The molecule has 29 heavy (non-hydrogen) atoms. The van der Waals surface area contributed by atoms with E-state index in [4.69, 9.17) is 4.74 Å². The Morgan fingerprint density at radius 1 is 1.28 bits per heavy atom. The van der Waals surface area contributed by atoms with Crippen LogP contribution in [0.1, 0.15) is 32.8 Å². The number of hydrogen-bond acceptors (Lipinski definition) is 4. The second-order valence-corrected chi connectivity index (χ2v) is 9.91. The molecule has 0 saturated carbocycles. The SMILES string of the molecule is CC[C@@H](C)NS(=O)(=O)c1ccc(OCC(=O)N2c3ccc(Br)cc3C[C@H]2C)cc1. The second kappa shape index (κ2) is 8.85. The van der Waals surface area contributed by atoms with Crippen molar-refractivity contribution in [2.45, 2.75) is 50.6 Å². The van der Waals surface area contributed by atoms with Gasteiger partial charge in [-0.1, -0.05) is 22.9 Å². The second-order valence-electron chi connectivity index (χ2n) is 7.28. The largest absolute Gasteiger partial charge is 0.484 e. The van der Waals surface area contributed by atoms with Crippen LogP contribution >= 0.6 is 15.9 Å². The van der Waals surface area contributed by atoms with Gasteiger partial charge < -0.3 is 9.64 Å². The summed E-state index contributed by atoms with van der Waals surface area (Å²) in [5, 5.41) is 0. The van der Waals surface area contributed by atoms with Crippen LogP contribution in [0.3, 0.4) is 0 Å². The van der Waals surface area contributed by atoms with Crippen LogP contribution in [0.4, 0.5) is 5.69 Å². The number of amides is 1. The lowest BCUT2D eigenvalue weighted by Gasteiger charge is -2.22. The van der Waals surface area contributed by atoms with E-state index in [1.807, 2.05) is 39.0 Å². The number of carbonyl (C=O) groups is 1. The fourth-order valence-electron chi connectivity index (χ4n) is 3.33. The van der Waals surface area contributed by atoms with E-state index in [-0.39, 0.29) is 29.5 Å². The smallest absolute Gasteiger partial charge is 0.265 e. The van der Waals surface area contributed by atoms with Crippen molar-refractivity contribution in [1.29, 1.82) is 0 Å². The van der Waals surface area contributed by atoms with Gasteiger partial charge >= 0.3 is 0 Å². The summed E-state index contributed by atoms with van der Waals surface area (Å²) in [6.07, 6.45) is 1.51. The molecule has 0 aliphatic carbocycles. The highest BCUT2D eigenvalue weighted by Gasteiger charge is 2.31. The van der Waals surface area contributed by atoms with Crippen LogP contribution in [0.5, 0.6) is 5.75 Å². The van der Waals surface area contributed by atoms with E-state index in [1.165, 1.54) is 12.1 Å². The number of sulfonamides is 1. The Hall–Kier alpha value is -1.90. The van der Waals surface area contributed by atoms with Gasteiger partial charge in [0.05, 0.1) is 4.90 Å². The molecule has 6 nitrogen and oxygen atoms in total. The zero-order chi connectivity index (χ0) is 21.2. The average molecular weight is 481 g/mol. The summed E-state index contributed by atoms with van der Waals surface area (Å²) in [6, 6.07) is 11.9. The van der Waals surface area contributed by atoms with Crippen molar-refractivity contribution >= 4 is 37.5 Å². The molecule has 2 atom stereocenters. The standard InChI is InChI=1S/C21H25BrN2O4S/c1-4-14(2)23-29(26,27)19-8-6-18(7-9-19)28-13-21(25)24-15(3)11-16-12-17(22)5-10-20(16)24/h5-10,12,14-15,23H,4,11,13H2,1-3H3/t14-,15-/m1/s1. The van der Waals surface area contributed by atoms with Crippen molar-refractivity contribution in [2.24, 2.45) is 0 Å². The molecule has 0 radical (unpaired) electrons. The minimum Gasteiger partial charge on any atom is -0.484 e. The summed E-state index contributed by atoms with van der Waals surface area (Å²) in [6.45, 7) is 5.63. The lowest BCUT2D eigenvalue weighted by molar-refractivity contribution is -0.120. The summed E-state index contributed by atoms with van der Waals surface area (Å²) in [5.74, 6) is 0.317. The Balaban J connectivity index is 1.64. The summed E-state index contributed by atoms with van der Waals surface area (Å²) in [7, 11) is -3.56. The lowest BCUT2D eigenvalue weighted by Crippen LogP contribution is -2.39. The van der Waals surface area contributed by atoms with E-state index < -0.39 is 10.0 Å². The van der Waals surface area contributed by atoms with Crippen molar-refractivity contribution in [3.05, 3.63) is 52.5 Å². The van der Waals surface area contributed by atoms with Gasteiger partial charge in [-0.05, 0) is 74.7 Å². The van der Waals surface area contributed by atoms with Crippen molar-refractivity contribution < 1.29 is 17.9 Å². The van der Waals surface area contributed by atoms with Crippen LogP contribution in [0.2, 0.25) is 0 Å². The third-order valence-corrected chi connectivity index (χ3v) is 7.09. The summed E-state index contributed by atoms with van der Waals surface area (Å²) < 4.78 is 33.9. The molecule has 156 valence electrons. The van der Waals surface area contributed by atoms with Crippen LogP contribution in [0.25, 0.3) is 0 Å². The fourth-order valence-corrected chi connectivity index (χ4v) is 5.06. The minimum atomic E-state index is -3.56. The molecule has 0 unspecified atom stereocenters. The molecule has 0 fully saturated rings. The molecule has 0 saturated heterocycles. The number of benzene rings is 2. The van der Waals surface area contributed by atoms with Gasteiger partial charge in [0.1, 0.15) is 5.75 Å². The van der Waals surface area contributed by atoms with Gasteiger partial charge in [-0.3, -0.25) is 4.79 Å². The molecule has 2 aromatic rings. The summed E-state index contributed by atoms with van der Waals surface area (Å²) in [4.78, 5) is 14.7. The van der Waals surface area contributed by atoms with Gasteiger partial charge in [-0.15, -0.1) is 0 Å².